The Labute approximate surface area is 101 Å². The minimum atomic E-state index is -0.00140. The smallest absolute Gasteiger partial charge is 0.242 e. The third kappa shape index (κ3) is 3.30. The van der Waals surface area contributed by atoms with Gasteiger partial charge in [0.1, 0.15) is 0 Å². The lowest BCUT2D eigenvalue weighted by molar-refractivity contribution is -0.134. The van der Waals surface area contributed by atoms with Gasteiger partial charge in [0.25, 0.3) is 0 Å². The molecular weight excluding hydrogens is 218 g/mol. The van der Waals surface area contributed by atoms with Gasteiger partial charge < -0.3 is 15.5 Å². The molecule has 0 saturated carbocycles. The lowest BCUT2D eigenvalue weighted by Crippen LogP contribution is -2.49. The van der Waals surface area contributed by atoms with Gasteiger partial charge in [-0.05, 0) is 12.8 Å². The van der Waals surface area contributed by atoms with Crippen LogP contribution in [0.15, 0.2) is 12.2 Å². The monoisotopic (exact) mass is 237 g/mol. The van der Waals surface area contributed by atoms with Gasteiger partial charge in [-0.15, -0.1) is 0 Å². The molecule has 2 amide bonds. The van der Waals surface area contributed by atoms with Crippen LogP contribution in [0.3, 0.4) is 0 Å². The minimum Gasteiger partial charge on any atom is -0.347 e. The number of nitrogens with one attached hydrogen (secondary N) is 2. The van der Waals surface area contributed by atoms with Crippen molar-refractivity contribution in [2.45, 2.75) is 12.8 Å². The van der Waals surface area contributed by atoms with Gasteiger partial charge in [-0.25, -0.2) is 0 Å². The Morgan fingerprint density at radius 2 is 1.88 bits per heavy atom. The predicted molar refractivity (Wildman–Crippen MR) is 64.3 cm³/mol. The summed E-state index contributed by atoms with van der Waals surface area (Å²) in [7, 11) is 0. The number of piperazine rings is 1. The summed E-state index contributed by atoms with van der Waals surface area (Å²) in [5, 5.41) is 5.92. The van der Waals surface area contributed by atoms with Gasteiger partial charge in [-0.1, -0.05) is 12.2 Å². The molecule has 2 rings (SSSR count). The molecule has 0 bridgehead atoms. The number of allylic oxidation sites excluding steroid dienone is 2. The van der Waals surface area contributed by atoms with Gasteiger partial charge in [0.15, 0.2) is 0 Å². The van der Waals surface area contributed by atoms with Crippen molar-refractivity contribution in [2.75, 3.05) is 32.7 Å². The molecule has 1 heterocycles. The molecule has 5 nitrogen and oxygen atoms in total. The fraction of sp³-hybridized carbons (Fsp3) is 0.667. The van der Waals surface area contributed by atoms with Crippen molar-refractivity contribution >= 4 is 11.8 Å². The van der Waals surface area contributed by atoms with Gasteiger partial charge in [-0.2, -0.15) is 0 Å². The number of nitrogens with zero attached hydrogens (tertiary/aromatic N) is 1. The van der Waals surface area contributed by atoms with Crippen LogP contribution in [0.2, 0.25) is 0 Å². The van der Waals surface area contributed by atoms with Gasteiger partial charge in [0.2, 0.25) is 11.8 Å². The first-order chi connectivity index (χ1) is 8.27. The number of rotatable bonds is 3. The van der Waals surface area contributed by atoms with E-state index in [9.17, 15) is 9.59 Å². The lowest BCUT2D eigenvalue weighted by Gasteiger charge is -2.27. The average molecular weight is 237 g/mol. The van der Waals surface area contributed by atoms with Crippen LogP contribution in [0.4, 0.5) is 0 Å². The summed E-state index contributed by atoms with van der Waals surface area (Å²) >= 11 is 0. The number of amides is 2. The maximum Gasteiger partial charge on any atom is 0.242 e. The molecule has 2 N–H and O–H groups in total. The molecule has 0 spiro atoms. The Morgan fingerprint density at radius 1 is 1.24 bits per heavy atom. The van der Waals surface area contributed by atoms with Crippen LogP contribution in [-0.4, -0.2) is 49.4 Å². The zero-order valence-corrected chi connectivity index (χ0v) is 9.95. The number of carbonyl (C=O) groups is 2. The first kappa shape index (κ1) is 12.1. The Hall–Kier alpha value is -1.36. The number of hydrogen-bond acceptors (Lipinski definition) is 3. The molecule has 2 aliphatic rings. The minimum absolute atomic E-state index is 0.00140. The molecule has 0 aromatic carbocycles. The maximum atomic E-state index is 11.8. The first-order valence-electron chi connectivity index (χ1n) is 6.18. The van der Waals surface area contributed by atoms with E-state index in [1.54, 1.807) is 4.90 Å². The molecule has 1 aliphatic carbocycles. The van der Waals surface area contributed by atoms with E-state index in [-0.39, 0.29) is 24.3 Å². The highest BCUT2D eigenvalue weighted by atomic mass is 16.2. The summed E-state index contributed by atoms with van der Waals surface area (Å²) in [4.78, 5) is 25.3. The molecule has 0 unspecified atom stereocenters. The summed E-state index contributed by atoms with van der Waals surface area (Å²) in [5.41, 5.74) is 0. The third-order valence-corrected chi connectivity index (χ3v) is 3.26. The van der Waals surface area contributed by atoms with Crippen molar-refractivity contribution in [1.29, 1.82) is 0 Å². The van der Waals surface area contributed by atoms with E-state index in [1.807, 2.05) is 12.2 Å². The van der Waals surface area contributed by atoms with Crippen LogP contribution in [0.25, 0.3) is 0 Å². The topological polar surface area (TPSA) is 61.4 Å². The molecule has 0 radical (unpaired) electrons. The molecule has 1 saturated heterocycles. The van der Waals surface area contributed by atoms with E-state index in [2.05, 4.69) is 10.6 Å². The quantitative estimate of drug-likeness (QED) is 0.651. The summed E-state index contributed by atoms with van der Waals surface area (Å²) < 4.78 is 0. The van der Waals surface area contributed by atoms with E-state index in [1.165, 1.54) is 0 Å². The molecule has 94 valence electrons. The van der Waals surface area contributed by atoms with Gasteiger partial charge >= 0.3 is 0 Å². The SMILES string of the molecule is O=C(NCC(=O)N1CCNCC1)C1CC=CC1. The van der Waals surface area contributed by atoms with Crippen LogP contribution < -0.4 is 10.6 Å². The van der Waals surface area contributed by atoms with Crippen molar-refractivity contribution < 1.29 is 9.59 Å². The standard InChI is InChI=1S/C12H19N3O2/c16-11(15-7-5-13-6-8-15)9-14-12(17)10-3-1-2-4-10/h1-2,10,13H,3-9H2,(H,14,17). The Morgan fingerprint density at radius 3 is 2.53 bits per heavy atom. The van der Waals surface area contributed by atoms with Crippen molar-refractivity contribution in [2.24, 2.45) is 5.92 Å². The van der Waals surface area contributed by atoms with E-state index >= 15 is 0 Å². The van der Waals surface area contributed by atoms with Gasteiger partial charge in [-0.3, -0.25) is 9.59 Å². The number of carbonyl (C=O) groups excluding carboxylic acids is 2. The highest BCUT2D eigenvalue weighted by molar-refractivity contribution is 5.86. The molecule has 5 heteroatoms. The molecule has 1 fully saturated rings. The zero-order valence-electron chi connectivity index (χ0n) is 9.95. The van der Waals surface area contributed by atoms with Crippen LogP contribution in [0.1, 0.15) is 12.8 Å². The highest BCUT2D eigenvalue weighted by Gasteiger charge is 2.21. The second-order valence-electron chi connectivity index (χ2n) is 4.49. The predicted octanol–water partition coefficient (Wildman–Crippen LogP) is -0.499. The van der Waals surface area contributed by atoms with Crippen LogP contribution in [0.5, 0.6) is 0 Å². The van der Waals surface area contributed by atoms with Crippen LogP contribution in [0, 0.1) is 5.92 Å². The maximum absolute atomic E-state index is 11.8. The van der Waals surface area contributed by atoms with Crippen molar-refractivity contribution in [3.8, 4) is 0 Å². The average Bonchev–Trinajstić information content (AvgIpc) is 2.90. The second-order valence-corrected chi connectivity index (χ2v) is 4.49. The fourth-order valence-corrected chi connectivity index (χ4v) is 2.16. The molecule has 0 atom stereocenters. The van der Waals surface area contributed by atoms with Crippen molar-refractivity contribution in [3.05, 3.63) is 12.2 Å². The van der Waals surface area contributed by atoms with Crippen LogP contribution in [-0.2, 0) is 9.59 Å². The molecule has 0 aromatic heterocycles. The van der Waals surface area contributed by atoms with Gasteiger partial charge in [0, 0.05) is 32.1 Å². The Balaban J connectivity index is 1.69. The van der Waals surface area contributed by atoms with Gasteiger partial charge in [0.05, 0.1) is 6.54 Å². The third-order valence-electron chi connectivity index (χ3n) is 3.26. The summed E-state index contributed by atoms with van der Waals surface area (Å²) in [6, 6.07) is 0. The normalized spacial score (nSPS) is 20.6. The lowest BCUT2D eigenvalue weighted by atomic mass is 10.1. The Bertz CT molecular complexity index is 314. The van der Waals surface area contributed by atoms with E-state index < -0.39 is 0 Å². The Kier molecular flexibility index (Phi) is 4.14. The molecule has 0 aromatic rings. The van der Waals surface area contributed by atoms with Crippen molar-refractivity contribution in [3.63, 3.8) is 0 Å². The zero-order chi connectivity index (χ0) is 12.1. The molecular formula is C12H19N3O2. The highest BCUT2D eigenvalue weighted by Crippen LogP contribution is 2.17. The van der Waals surface area contributed by atoms with E-state index in [4.69, 9.17) is 0 Å². The number of hydrogen-bond donors (Lipinski definition) is 2. The summed E-state index contributed by atoms with van der Waals surface area (Å²) in [6.07, 6.45) is 5.63. The first-order valence-corrected chi connectivity index (χ1v) is 6.18. The van der Waals surface area contributed by atoms with E-state index in [0.717, 1.165) is 39.0 Å². The van der Waals surface area contributed by atoms with Crippen LogP contribution >= 0.6 is 0 Å². The molecule has 1 aliphatic heterocycles. The largest absolute Gasteiger partial charge is 0.347 e. The molecule has 17 heavy (non-hydrogen) atoms. The summed E-state index contributed by atoms with van der Waals surface area (Å²) in [6.45, 7) is 3.28. The summed E-state index contributed by atoms with van der Waals surface area (Å²) in [5.74, 6) is 0.0510. The second kappa shape index (κ2) is 5.82. The fourth-order valence-electron chi connectivity index (χ4n) is 2.16. The van der Waals surface area contributed by atoms with Crippen molar-refractivity contribution in [1.82, 2.24) is 15.5 Å². The van der Waals surface area contributed by atoms with E-state index in [0.29, 0.717) is 0 Å².